The van der Waals surface area contributed by atoms with Crippen LogP contribution in [0, 0.1) is 12.8 Å². The molecular formula is C12H18ClN3O. The minimum atomic E-state index is -0.0926. The van der Waals surface area contributed by atoms with Crippen molar-refractivity contribution in [3.05, 3.63) is 16.4 Å². The summed E-state index contributed by atoms with van der Waals surface area (Å²) in [5.74, 6) is 0.358. The van der Waals surface area contributed by atoms with Crippen molar-refractivity contribution in [2.24, 2.45) is 5.92 Å². The lowest BCUT2D eigenvalue weighted by Crippen LogP contribution is -2.26. The maximum atomic E-state index is 12.0. The Balaban J connectivity index is 2.20. The van der Waals surface area contributed by atoms with Crippen LogP contribution in [0.1, 0.15) is 42.7 Å². The van der Waals surface area contributed by atoms with E-state index in [1.54, 1.807) is 4.68 Å². The zero-order valence-corrected chi connectivity index (χ0v) is 11.2. The molecule has 0 bridgehead atoms. The Kier molecular flexibility index (Phi) is 3.43. The van der Waals surface area contributed by atoms with E-state index in [1.807, 2.05) is 6.92 Å². The Morgan fingerprint density at radius 1 is 1.59 bits per heavy atom. The molecule has 5 heteroatoms. The molecule has 4 nitrogen and oxygen atoms in total. The second kappa shape index (κ2) is 4.69. The van der Waals surface area contributed by atoms with Crippen LogP contribution in [-0.4, -0.2) is 21.7 Å². The van der Waals surface area contributed by atoms with Gasteiger partial charge in [-0.25, -0.2) is 0 Å². The van der Waals surface area contributed by atoms with Gasteiger partial charge in [0.2, 0.25) is 0 Å². The van der Waals surface area contributed by atoms with Crippen molar-refractivity contribution in [3.8, 4) is 0 Å². The Bertz CT molecular complexity index is 435. The van der Waals surface area contributed by atoms with Gasteiger partial charge in [-0.15, -0.1) is 0 Å². The molecule has 1 aliphatic carbocycles. The van der Waals surface area contributed by atoms with Gasteiger partial charge in [0.15, 0.2) is 0 Å². The summed E-state index contributed by atoms with van der Waals surface area (Å²) in [7, 11) is 0. The number of amides is 1. The molecule has 1 N–H and O–H groups in total. The predicted octanol–water partition coefficient (Wildman–Crippen LogP) is 2.39. The fourth-order valence-electron chi connectivity index (χ4n) is 1.76. The Hall–Kier alpha value is -1.03. The Labute approximate surface area is 106 Å². The van der Waals surface area contributed by atoms with E-state index in [4.69, 9.17) is 11.6 Å². The van der Waals surface area contributed by atoms with Crippen LogP contribution in [-0.2, 0) is 6.54 Å². The first kappa shape index (κ1) is 12.4. The van der Waals surface area contributed by atoms with Gasteiger partial charge in [0, 0.05) is 12.6 Å². The van der Waals surface area contributed by atoms with Gasteiger partial charge in [0.1, 0.15) is 5.15 Å². The number of aromatic nitrogens is 2. The number of hydrogen-bond acceptors (Lipinski definition) is 2. The van der Waals surface area contributed by atoms with Crippen LogP contribution in [0.4, 0.5) is 0 Å². The van der Waals surface area contributed by atoms with Crippen LogP contribution in [0.15, 0.2) is 0 Å². The van der Waals surface area contributed by atoms with E-state index in [1.165, 1.54) is 0 Å². The third-order valence-corrected chi connectivity index (χ3v) is 3.13. The summed E-state index contributed by atoms with van der Waals surface area (Å²) in [4.78, 5) is 12.0. The Morgan fingerprint density at radius 3 is 2.76 bits per heavy atom. The fourth-order valence-corrected chi connectivity index (χ4v) is 2.09. The predicted molar refractivity (Wildman–Crippen MR) is 67.3 cm³/mol. The molecule has 1 aliphatic rings. The summed E-state index contributed by atoms with van der Waals surface area (Å²) < 4.78 is 1.71. The van der Waals surface area contributed by atoms with Gasteiger partial charge >= 0.3 is 0 Å². The highest BCUT2D eigenvalue weighted by Crippen LogP contribution is 2.24. The van der Waals surface area contributed by atoms with Crippen molar-refractivity contribution >= 4 is 17.5 Å². The molecule has 0 saturated heterocycles. The maximum absolute atomic E-state index is 12.0. The molecule has 1 fully saturated rings. The van der Waals surface area contributed by atoms with Crippen LogP contribution in [0.3, 0.4) is 0 Å². The topological polar surface area (TPSA) is 46.9 Å². The zero-order valence-electron chi connectivity index (χ0n) is 10.5. The monoisotopic (exact) mass is 255 g/mol. The third kappa shape index (κ3) is 2.80. The average Bonchev–Trinajstić information content (AvgIpc) is 2.95. The number of aryl methyl sites for hydroxylation is 1. The maximum Gasteiger partial charge on any atom is 0.256 e. The SMILES string of the molecule is Cc1nn(CC(C)C)c(Cl)c1C(=O)NC1CC1. The van der Waals surface area contributed by atoms with Crippen molar-refractivity contribution in [1.29, 1.82) is 0 Å². The highest BCUT2D eigenvalue weighted by Gasteiger charge is 2.27. The number of carbonyl (C=O) groups excluding carboxylic acids is 1. The lowest BCUT2D eigenvalue weighted by atomic mass is 10.2. The first-order valence-electron chi connectivity index (χ1n) is 6.02. The molecule has 0 radical (unpaired) electrons. The summed E-state index contributed by atoms with van der Waals surface area (Å²) in [6.45, 7) is 6.75. The zero-order chi connectivity index (χ0) is 12.6. The molecule has 0 unspecified atom stereocenters. The largest absolute Gasteiger partial charge is 0.349 e. The normalized spacial score (nSPS) is 15.4. The fraction of sp³-hybridized carbons (Fsp3) is 0.667. The average molecular weight is 256 g/mol. The number of carbonyl (C=O) groups is 1. The van der Waals surface area contributed by atoms with E-state index < -0.39 is 0 Å². The number of rotatable bonds is 4. The molecule has 2 rings (SSSR count). The molecule has 1 amide bonds. The summed E-state index contributed by atoms with van der Waals surface area (Å²) in [5.41, 5.74) is 1.23. The number of halogens is 1. The van der Waals surface area contributed by atoms with Crippen LogP contribution in [0.5, 0.6) is 0 Å². The standard InChI is InChI=1S/C12H18ClN3O/c1-7(2)6-16-11(13)10(8(3)15-16)12(17)14-9-4-5-9/h7,9H,4-6H2,1-3H3,(H,14,17). The summed E-state index contributed by atoms with van der Waals surface area (Å²) in [6.07, 6.45) is 2.14. The van der Waals surface area contributed by atoms with Gasteiger partial charge < -0.3 is 5.32 Å². The molecule has 0 spiro atoms. The number of nitrogens with one attached hydrogen (secondary N) is 1. The smallest absolute Gasteiger partial charge is 0.256 e. The molecule has 1 heterocycles. The molecular weight excluding hydrogens is 238 g/mol. The first-order chi connectivity index (χ1) is 7.99. The second-order valence-electron chi connectivity index (χ2n) is 5.07. The molecule has 0 aliphatic heterocycles. The highest BCUT2D eigenvalue weighted by molar-refractivity contribution is 6.33. The molecule has 1 saturated carbocycles. The number of nitrogens with zero attached hydrogens (tertiary/aromatic N) is 2. The van der Waals surface area contributed by atoms with Gasteiger partial charge in [-0.2, -0.15) is 5.10 Å². The van der Waals surface area contributed by atoms with E-state index in [-0.39, 0.29) is 5.91 Å². The minimum absolute atomic E-state index is 0.0926. The van der Waals surface area contributed by atoms with Gasteiger partial charge in [0.25, 0.3) is 5.91 Å². The second-order valence-corrected chi connectivity index (χ2v) is 5.43. The molecule has 94 valence electrons. The van der Waals surface area contributed by atoms with Crippen molar-refractivity contribution in [2.45, 2.75) is 46.2 Å². The molecule has 0 aromatic carbocycles. The molecule has 1 aromatic heterocycles. The molecule has 17 heavy (non-hydrogen) atoms. The van der Waals surface area contributed by atoms with Crippen LogP contribution in [0.25, 0.3) is 0 Å². The lowest BCUT2D eigenvalue weighted by molar-refractivity contribution is 0.0950. The number of hydrogen-bond donors (Lipinski definition) is 1. The molecule has 1 aromatic rings. The van der Waals surface area contributed by atoms with Gasteiger partial charge in [-0.1, -0.05) is 25.4 Å². The Morgan fingerprint density at radius 2 is 2.24 bits per heavy atom. The summed E-state index contributed by atoms with van der Waals surface area (Å²) in [6, 6.07) is 0.339. The van der Waals surface area contributed by atoms with Gasteiger partial charge in [-0.3, -0.25) is 9.48 Å². The van der Waals surface area contributed by atoms with Gasteiger partial charge in [-0.05, 0) is 25.7 Å². The van der Waals surface area contributed by atoms with Crippen molar-refractivity contribution in [1.82, 2.24) is 15.1 Å². The van der Waals surface area contributed by atoms with E-state index in [0.717, 1.165) is 19.4 Å². The van der Waals surface area contributed by atoms with Crippen molar-refractivity contribution in [2.75, 3.05) is 0 Å². The van der Waals surface area contributed by atoms with Crippen LogP contribution < -0.4 is 5.32 Å². The first-order valence-corrected chi connectivity index (χ1v) is 6.40. The lowest BCUT2D eigenvalue weighted by Gasteiger charge is -2.06. The van der Waals surface area contributed by atoms with E-state index in [2.05, 4.69) is 24.3 Å². The van der Waals surface area contributed by atoms with E-state index >= 15 is 0 Å². The van der Waals surface area contributed by atoms with Crippen molar-refractivity contribution in [3.63, 3.8) is 0 Å². The van der Waals surface area contributed by atoms with Crippen LogP contribution in [0.2, 0.25) is 5.15 Å². The van der Waals surface area contributed by atoms with E-state index in [0.29, 0.717) is 28.4 Å². The third-order valence-electron chi connectivity index (χ3n) is 2.74. The van der Waals surface area contributed by atoms with E-state index in [9.17, 15) is 4.79 Å². The summed E-state index contributed by atoms with van der Waals surface area (Å²) >= 11 is 6.21. The van der Waals surface area contributed by atoms with Gasteiger partial charge in [0.05, 0.1) is 11.3 Å². The highest BCUT2D eigenvalue weighted by atomic mass is 35.5. The quantitative estimate of drug-likeness (QED) is 0.898. The summed E-state index contributed by atoms with van der Waals surface area (Å²) in [5, 5.41) is 7.72. The molecule has 0 atom stereocenters. The van der Waals surface area contributed by atoms with Crippen molar-refractivity contribution < 1.29 is 4.79 Å². The van der Waals surface area contributed by atoms with Crippen LogP contribution >= 0.6 is 11.6 Å². The minimum Gasteiger partial charge on any atom is -0.349 e.